The smallest absolute Gasteiger partial charge is 0.243 e. The van der Waals surface area contributed by atoms with E-state index < -0.39 is 17.7 Å². The van der Waals surface area contributed by atoms with Crippen molar-refractivity contribution in [2.24, 2.45) is 5.92 Å². The highest BCUT2D eigenvalue weighted by Crippen LogP contribution is 2.27. The summed E-state index contributed by atoms with van der Waals surface area (Å²) in [5.41, 5.74) is 1.30. The molecule has 162 valence electrons. The van der Waals surface area contributed by atoms with Crippen molar-refractivity contribution < 1.29 is 13.6 Å². The van der Waals surface area contributed by atoms with Crippen LogP contribution in [0, 0.1) is 24.5 Å². The van der Waals surface area contributed by atoms with E-state index in [2.05, 4.69) is 25.6 Å². The fraction of sp³-hybridized carbons (Fsp3) is 0.273. The lowest BCUT2D eigenvalue weighted by atomic mass is 10.0. The normalized spacial score (nSPS) is 12.0. The van der Waals surface area contributed by atoms with Gasteiger partial charge in [-0.3, -0.25) is 9.78 Å². The van der Waals surface area contributed by atoms with Crippen LogP contribution < -0.4 is 10.6 Å². The summed E-state index contributed by atoms with van der Waals surface area (Å²) in [5.74, 6) is -1.22. The summed E-state index contributed by atoms with van der Waals surface area (Å²) >= 11 is 6.39. The average Bonchev–Trinajstić information content (AvgIpc) is 2.74. The fourth-order valence-electron chi connectivity index (χ4n) is 2.90. The summed E-state index contributed by atoms with van der Waals surface area (Å²) in [7, 11) is 0. The first kappa shape index (κ1) is 22.6. The van der Waals surface area contributed by atoms with Gasteiger partial charge in [-0.25, -0.2) is 18.7 Å². The molecule has 3 aromatic rings. The molecule has 1 amide bonds. The topological polar surface area (TPSA) is 79.8 Å². The molecule has 1 unspecified atom stereocenters. The van der Waals surface area contributed by atoms with Crippen molar-refractivity contribution in [2.75, 3.05) is 5.32 Å². The Kier molecular flexibility index (Phi) is 7.12. The average molecular weight is 446 g/mol. The molecule has 3 rings (SSSR count). The largest absolute Gasteiger partial charge is 0.357 e. The lowest BCUT2D eigenvalue weighted by molar-refractivity contribution is -0.122. The first-order valence-corrected chi connectivity index (χ1v) is 10.1. The molecular weight excluding hydrogens is 424 g/mol. The molecule has 0 bridgehead atoms. The molecule has 0 aliphatic rings. The van der Waals surface area contributed by atoms with E-state index >= 15 is 0 Å². The predicted molar refractivity (Wildman–Crippen MR) is 115 cm³/mol. The lowest BCUT2D eigenvalue weighted by Crippen LogP contribution is -2.43. The molecule has 6 nitrogen and oxygen atoms in total. The van der Waals surface area contributed by atoms with Gasteiger partial charge < -0.3 is 10.6 Å². The van der Waals surface area contributed by atoms with E-state index in [1.807, 2.05) is 19.9 Å². The number of carbonyl (C=O) groups excluding carboxylic acids is 1. The molecule has 2 heterocycles. The van der Waals surface area contributed by atoms with Gasteiger partial charge in [-0.15, -0.1) is 0 Å². The third-order valence-corrected chi connectivity index (χ3v) is 5.07. The Hall–Kier alpha value is -3.13. The Morgan fingerprint density at radius 2 is 1.94 bits per heavy atom. The van der Waals surface area contributed by atoms with Gasteiger partial charge in [0.15, 0.2) is 5.82 Å². The molecule has 9 heteroatoms. The number of halogens is 3. The fourth-order valence-corrected chi connectivity index (χ4v) is 3.04. The van der Waals surface area contributed by atoms with Crippen molar-refractivity contribution in [2.45, 2.75) is 33.4 Å². The van der Waals surface area contributed by atoms with Gasteiger partial charge in [-0.05, 0) is 31.0 Å². The molecule has 2 N–H and O–H groups in total. The molecule has 0 fully saturated rings. The highest BCUT2D eigenvalue weighted by Gasteiger charge is 2.25. The molecule has 0 radical (unpaired) electrons. The first-order chi connectivity index (χ1) is 14.8. The second kappa shape index (κ2) is 9.78. The van der Waals surface area contributed by atoms with E-state index in [0.29, 0.717) is 28.1 Å². The Balaban J connectivity index is 1.80. The van der Waals surface area contributed by atoms with Gasteiger partial charge in [-0.2, -0.15) is 0 Å². The standard InChI is InChI=1S/C22H22ClF2N5O/c1-12(2)19(22(31)27-11-14-7-8-15(24)10-16(14)25)29-21-18(23)13(3)28-20(30-21)17-6-4-5-9-26-17/h4-10,12,19H,11H2,1-3H3,(H,27,31)(H,28,29,30). The molecule has 0 spiro atoms. The third kappa shape index (κ3) is 5.52. The summed E-state index contributed by atoms with van der Waals surface area (Å²) in [6, 6.07) is 7.90. The molecule has 1 aromatic carbocycles. The second-order valence-electron chi connectivity index (χ2n) is 7.33. The van der Waals surface area contributed by atoms with Crippen LogP contribution in [0.2, 0.25) is 5.02 Å². The number of nitrogens with zero attached hydrogens (tertiary/aromatic N) is 3. The van der Waals surface area contributed by atoms with Crippen molar-refractivity contribution in [3.63, 3.8) is 0 Å². The van der Waals surface area contributed by atoms with E-state index in [9.17, 15) is 13.6 Å². The highest BCUT2D eigenvalue weighted by atomic mass is 35.5. The number of aryl methyl sites for hydroxylation is 1. The number of amides is 1. The Labute approximate surface area is 184 Å². The molecular formula is C22H22ClF2N5O. The quantitative estimate of drug-likeness (QED) is 0.558. The van der Waals surface area contributed by atoms with Crippen LogP contribution in [0.1, 0.15) is 25.1 Å². The van der Waals surface area contributed by atoms with Gasteiger partial charge >= 0.3 is 0 Å². The first-order valence-electron chi connectivity index (χ1n) is 9.70. The van der Waals surface area contributed by atoms with Crippen LogP contribution in [-0.2, 0) is 11.3 Å². The van der Waals surface area contributed by atoms with Crippen LogP contribution >= 0.6 is 11.6 Å². The molecule has 31 heavy (non-hydrogen) atoms. The number of anilines is 1. The van der Waals surface area contributed by atoms with Gasteiger partial charge in [0.05, 0.1) is 5.69 Å². The van der Waals surface area contributed by atoms with E-state index in [1.54, 1.807) is 25.3 Å². The van der Waals surface area contributed by atoms with Gasteiger partial charge in [0.1, 0.15) is 34.2 Å². The lowest BCUT2D eigenvalue weighted by Gasteiger charge is -2.23. The van der Waals surface area contributed by atoms with Crippen LogP contribution in [0.5, 0.6) is 0 Å². The zero-order chi connectivity index (χ0) is 22.5. The van der Waals surface area contributed by atoms with Gasteiger partial charge in [0, 0.05) is 24.4 Å². The van der Waals surface area contributed by atoms with Crippen LogP contribution in [0.15, 0.2) is 42.6 Å². The summed E-state index contributed by atoms with van der Waals surface area (Å²) in [6.07, 6.45) is 1.63. The molecule has 0 aliphatic heterocycles. The van der Waals surface area contributed by atoms with Crippen molar-refractivity contribution in [3.05, 3.63) is 70.5 Å². The second-order valence-corrected chi connectivity index (χ2v) is 7.71. The monoisotopic (exact) mass is 445 g/mol. The number of hydrogen-bond acceptors (Lipinski definition) is 5. The van der Waals surface area contributed by atoms with Crippen LogP contribution in [0.3, 0.4) is 0 Å². The zero-order valence-electron chi connectivity index (χ0n) is 17.3. The van der Waals surface area contributed by atoms with E-state index in [-0.39, 0.29) is 23.9 Å². The minimum Gasteiger partial charge on any atom is -0.357 e. The van der Waals surface area contributed by atoms with E-state index in [0.717, 1.165) is 12.1 Å². The van der Waals surface area contributed by atoms with Crippen molar-refractivity contribution in [1.29, 1.82) is 0 Å². The maximum absolute atomic E-state index is 13.9. The maximum atomic E-state index is 13.9. The van der Waals surface area contributed by atoms with E-state index in [1.165, 1.54) is 6.07 Å². The van der Waals surface area contributed by atoms with Crippen molar-refractivity contribution >= 4 is 23.3 Å². The van der Waals surface area contributed by atoms with E-state index in [4.69, 9.17) is 11.6 Å². The predicted octanol–water partition coefficient (Wildman–Crippen LogP) is 4.53. The minimum absolute atomic E-state index is 0.0778. The zero-order valence-corrected chi connectivity index (χ0v) is 18.0. The number of hydrogen-bond donors (Lipinski definition) is 2. The summed E-state index contributed by atoms with van der Waals surface area (Å²) < 4.78 is 26.9. The number of benzene rings is 1. The number of aromatic nitrogens is 3. The SMILES string of the molecule is Cc1nc(-c2ccccn2)nc(NC(C(=O)NCc2ccc(F)cc2F)C(C)C)c1Cl. The molecule has 0 aliphatic carbocycles. The number of rotatable bonds is 7. The van der Waals surface area contributed by atoms with Gasteiger partial charge in [0.25, 0.3) is 0 Å². The molecule has 1 atom stereocenters. The molecule has 2 aromatic heterocycles. The highest BCUT2D eigenvalue weighted by molar-refractivity contribution is 6.33. The minimum atomic E-state index is -0.719. The van der Waals surface area contributed by atoms with Crippen LogP contribution in [-0.4, -0.2) is 26.9 Å². The molecule has 0 saturated carbocycles. The van der Waals surface area contributed by atoms with Crippen LogP contribution in [0.4, 0.5) is 14.6 Å². The number of carbonyl (C=O) groups is 1. The Morgan fingerprint density at radius 3 is 2.58 bits per heavy atom. The molecule has 0 saturated heterocycles. The van der Waals surface area contributed by atoms with Crippen molar-refractivity contribution in [3.8, 4) is 11.5 Å². The van der Waals surface area contributed by atoms with Gasteiger partial charge in [-0.1, -0.05) is 37.6 Å². The Morgan fingerprint density at radius 1 is 1.16 bits per heavy atom. The maximum Gasteiger partial charge on any atom is 0.243 e. The van der Waals surface area contributed by atoms with Crippen LogP contribution in [0.25, 0.3) is 11.5 Å². The van der Waals surface area contributed by atoms with Gasteiger partial charge in [0.2, 0.25) is 5.91 Å². The number of pyridine rings is 1. The number of nitrogens with one attached hydrogen (secondary N) is 2. The Bertz CT molecular complexity index is 1080. The van der Waals surface area contributed by atoms with Crippen molar-refractivity contribution in [1.82, 2.24) is 20.3 Å². The summed E-state index contributed by atoms with van der Waals surface area (Å²) in [4.78, 5) is 25.9. The summed E-state index contributed by atoms with van der Waals surface area (Å²) in [5, 5.41) is 6.05. The third-order valence-electron chi connectivity index (χ3n) is 4.62. The summed E-state index contributed by atoms with van der Waals surface area (Å²) in [6.45, 7) is 5.38.